The van der Waals surface area contributed by atoms with Crippen molar-refractivity contribution < 1.29 is 28.8 Å². The Labute approximate surface area is 203 Å². The Balaban J connectivity index is 2.67. The van der Waals surface area contributed by atoms with Gasteiger partial charge >= 0.3 is 0 Å². The van der Waals surface area contributed by atoms with Gasteiger partial charge in [0.1, 0.15) is 0 Å². The zero-order valence-corrected chi connectivity index (χ0v) is 18.5. The summed E-state index contributed by atoms with van der Waals surface area (Å²) in [6, 6.07) is 10.4. The molecule has 0 unspecified atom stereocenters. The lowest BCUT2D eigenvalue weighted by molar-refractivity contribution is 0.0966. The van der Waals surface area contributed by atoms with Gasteiger partial charge in [0.05, 0.1) is 33.4 Å². The van der Waals surface area contributed by atoms with E-state index in [-0.39, 0.29) is 50.1 Å². The zero-order chi connectivity index (χ0) is 26.9. The van der Waals surface area contributed by atoms with Gasteiger partial charge in [0, 0.05) is 5.56 Å². The molecule has 0 saturated carbocycles. The Hall–Kier alpha value is -5.52. The Bertz CT molecular complexity index is 1510. The van der Waals surface area contributed by atoms with Gasteiger partial charge in [-0.25, -0.2) is 0 Å². The average Bonchev–Trinajstić information content (AvgIpc) is 2.81. The molecule has 12 N–H and O–H groups in total. The van der Waals surface area contributed by atoms with Crippen LogP contribution < -0.4 is 34.4 Å². The Morgan fingerprint density at radius 2 is 0.778 bits per heavy atom. The molecule has 0 radical (unpaired) electrons. The van der Waals surface area contributed by atoms with E-state index in [1.54, 1.807) is 0 Å². The number of rotatable bonds is 8. The number of carbonyl (C=O) groups is 6. The summed E-state index contributed by atoms with van der Waals surface area (Å²) in [7, 11) is 0. The average molecular weight is 488 g/mol. The molecule has 3 rings (SSSR count). The third kappa shape index (κ3) is 4.21. The molecule has 36 heavy (non-hydrogen) atoms. The summed E-state index contributed by atoms with van der Waals surface area (Å²) in [6.07, 6.45) is 0. The number of nitrogens with two attached hydrogens (primary N) is 6. The Kier molecular flexibility index (Phi) is 6.54. The maximum absolute atomic E-state index is 12.6. The van der Waals surface area contributed by atoms with Gasteiger partial charge in [-0.15, -0.1) is 0 Å². The number of amides is 6. The lowest BCUT2D eigenvalue weighted by atomic mass is 9.82. The summed E-state index contributed by atoms with van der Waals surface area (Å²) in [5.41, 5.74) is 30.8. The second-order valence-electron chi connectivity index (χ2n) is 7.55. The first kappa shape index (κ1) is 25.1. The van der Waals surface area contributed by atoms with Gasteiger partial charge < -0.3 is 34.4 Å². The SMILES string of the molecule is NC(=O)c1cccc(-c2ccc(C(N)=O)c(C(N)=O)c2-c2cccc(C(N)=O)c2C(N)=O)c1C(N)=O. The van der Waals surface area contributed by atoms with Gasteiger partial charge in [-0.1, -0.05) is 30.3 Å². The molecule has 3 aromatic rings. The second-order valence-corrected chi connectivity index (χ2v) is 7.55. The first-order chi connectivity index (χ1) is 16.9. The van der Waals surface area contributed by atoms with Crippen molar-refractivity contribution in [2.45, 2.75) is 0 Å². The van der Waals surface area contributed by atoms with E-state index in [9.17, 15) is 28.8 Å². The topological polar surface area (TPSA) is 259 Å². The van der Waals surface area contributed by atoms with Crippen LogP contribution in [-0.2, 0) is 0 Å². The molecule has 0 saturated heterocycles. The number of carbonyl (C=O) groups excluding carboxylic acids is 6. The third-order valence-corrected chi connectivity index (χ3v) is 5.43. The summed E-state index contributed by atoms with van der Waals surface area (Å²) in [5.74, 6) is -6.27. The molecule has 0 aromatic heterocycles. The van der Waals surface area contributed by atoms with E-state index in [1.165, 1.54) is 48.5 Å². The van der Waals surface area contributed by atoms with Gasteiger partial charge in [0.2, 0.25) is 35.4 Å². The fourth-order valence-corrected chi connectivity index (χ4v) is 4.05. The maximum Gasteiger partial charge on any atom is 0.250 e. The van der Waals surface area contributed by atoms with Crippen molar-refractivity contribution >= 4 is 35.4 Å². The molecule has 3 aromatic carbocycles. The van der Waals surface area contributed by atoms with Gasteiger partial charge in [0.15, 0.2) is 0 Å². The lowest BCUT2D eigenvalue weighted by Crippen LogP contribution is -2.25. The molecule has 0 fully saturated rings. The molecule has 12 nitrogen and oxygen atoms in total. The van der Waals surface area contributed by atoms with Gasteiger partial charge in [0.25, 0.3) is 0 Å². The minimum Gasteiger partial charge on any atom is -0.366 e. The van der Waals surface area contributed by atoms with Crippen molar-refractivity contribution in [1.82, 2.24) is 0 Å². The van der Waals surface area contributed by atoms with Crippen LogP contribution in [0.1, 0.15) is 62.1 Å². The van der Waals surface area contributed by atoms with Crippen LogP contribution in [0, 0.1) is 0 Å². The summed E-state index contributed by atoms with van der Waals surface area (Å²) >= 11 is 0. The van der Waals surface area contributed by atoms with Crippen LogP contribution in [0.5, 0.6) is 0 Å². The minimum atomic E-state index is -1.13. The summed E-state index contributed by atoms with van der Waals surface area (Å²) in [6.45, 7) is 0. The molecule has 0 aliphatic carbocycles. The van der Waals surface area contributed by atoms with Crippen LogP contribution >= 0.6 is 0 Å². The van der Waals surface area contributed by atoms with Crippen LogP contribution in [0.15, 0.2) is 48.5 Å². The number of benzene rings is 3. The van der Waals surface area contributed by atoms with Crippen molar-refractivity contribution in [1.29, 1.82) is 0 Å². The molecule has 0 heterocycles. The number of hydrogen-bond acceptors (Lipinski definition) is 6. The number of primary amides is 6. The van der Waals surface area contributed by atoms with E-state index >= 15 is 0 Å². The first-order valence-corrected chi connectivity index (χ1v) is 10.1. The van der Waals surface area contributed by atoms with Gasteiger partial charge in [-0.2, -0.15) is 0 Å². The molecular weight excluding hydrogens is 468 g/mol. The van der Waals surface area contributed by atoms with Crippen LogP contribution in [0.4, 0.5) is 0 Å². The van der Waals surface area contributed by atoms with Gasteiger partial charge in [-0.3, -0.25) is 28.8 Å². The molecule has 182 valence electrons. The standard InChI is InChI=1S/C24H20N6O6/c25-19(31)12-5-1-3-9(16(12)22(28)34)10-7-8-14(21(27)33)18(24(30)36)15(10)11-4-2-6-13(20(26)32)17(11)23(29)35/h1-8H,(H2,25,31)(H2,26,32)(H2,27,33)(H2,28,34)(H2,29,35)(H2,30,36). The van der Waals surface area contributed by atoms with Crippen LogP contribution in [0.3, 0.4) is 0 Å². The highest BCUT2D eigenvalue weighted by atomic mass is 16.2. The predicted molar refractivity (Wildman–Crippen MR) is 128 cm³/mol. The van der Waals surface area contributed by atoms with E-state index in [0.717, 1.165) is 0 Å². The highest BCUT2D eigenvalue weighted by Gasteiger charge is 2.29. The van der Waals surface area contributed by atoms with Crippen molar-refractivity contribution in [3.63, 3.8) is 0 Å². The van der Waals surface area contributed by atoms with Crippen molar-refractivity contribution in [3.05, 3.63) is 81.9 Å². The lowest BCUT2D eigenvalue weighted by Gasteiger charge is -2.21. The molecule has 0 atom stereocenters. The van der Waals surface area contributed by atoms with E-state index in [4.69, 9.17) is 34.4 Å². The minimum absolute atomic E-state index is 0.00668. The van der Waals surface area contributed by atoms with E-state index in [2.05, 4.69) is 0 Å². The van der Waals surface area contributed by atoms with Crippen molar-refractivity contribution in [2.24, 2.45) is 34.4 Å². The van der Waals surface area contributed by atoms with Crippen LogP contribution in [0.2, 0.25) is 0 Å². The Morgan fingerprint density at radius 1 is 0.389 bits per heavy atom. The Morgan fingerprint density at radius 3 is 1.19 bits per heavy atom. The normalized spacial score (nSPS) is 10.4. The van der Waals surface area contributed by atoms with E-state index < -0.39 is 41.0 Å². The smallest absolute Gasteiger partial charge is 0.250 e. The fraction of sp³-hybridized carbons (Fsp3) is 0. The predicted octanol–water partition coefficient (Wildman–Crippen LogP) is -0.386. The second kappa shape index (κ2) is 9.38. The molecule has 0 bridgehead atoms. The van der Waals surface area contributed by atoms with Crippen molar-refractivity contribution in [3.8, 4) is 22.3 Å². The van der Waals surface area contributed by atoms with Crippen LogP contribution in [0.25, 0.3) is 22.3 Å². The molecule has 0 spiro atoms. The summed E-state index contributed by atoms with van der Waals surface area (Å²) in [4.78, 5) is 73.7. The quantitative estimate of drug-likeness (QED) is 0.246. The van der Waals surface area contributed by atoms with E-state index in [0.29, 0.717) is 0 Å². The first-order valence-electron chi connectivity index (χ1n) is 10.1. The molecule has 12 heteroatoms. The third-order valence-electron chi connectivity index (χ3n) is 5.43. The highest BCUT2D eigenvalue weighted by Crippen LogP contribution is 2.41. The summed E-state index contributed by atoms with van der Waals surface area (Å²) < 4.78 is 0. The summed E-state index contributed by atoms with van der Waals surface area (Å²) in [5, 5.41) is 0. The largest absolute Gasteiger partial charge is 0.366 e. The van der Waals surface area contributed by atoms with Crippen LogP contribution in [-0.4, -0.2) is 35.4 Å². The van der Waals surface area contributed by atoms with Crippen molar-refractivity contribution in [2.75, 3.05) is 0 Å². The molecule has 0 aliphatic rings. The van der Waals surface area contributed by atoms with E-state index in [1.807, 2.05) is 0 Å². The zero-order valence-electron chi connectivity index (χ0n) is 18.5. The monoisotopic (exact) mass is 488 g/mol. The van der Waals surface area contributed by atoms with Gasteiger partial charge in [-0.05, 0) is 34.9 Å². The molecular formula is C24H20N6O6. The molecule has 6 amide bonds. The maximum atomic E-state index is 12.6. The fourth-order valence-electron chi connectivity index (χ4n) is 4.05. The molecule has 0 aliphatic heterocycles. The highest BCUT2D eigenvalue weighted by molar-refractivity contribution is 6.18. The number of hydrogen-bond donors (Lipinski definition) is 6.